The summed E-state index contributed by atoms with van der Waals surface area (Å²) in [5.41, 5.74) is 1.70. The molecule has 5 heteroatoms. The molecule has 1 aliphatic rings. The second-order valence-electron chi connectivity index (χ2n) is 6.43. The van der Waals surface area contributed by atoms with E-state index >= 15 is 0 Å². The van der Waals surface area contributed by atoms with Crippen LogP contribution in [-0.4, -0.2) is 35.1 Å². The van der Waals surface area contributed by atoms with Crippen LogP contribution >= 0.6 is 0 Å². The lowest BCUT2D eigenvalue weighted by Gasteiger charge is -2.28. The van der Waals surface area contributed by atoms with Crippen LogP contribution in [0.25, 0.3) is 0 Å². The number of anilines is 2. The lowest BCUT2D eigenvalue weighted by molar-refractivity contribution is 0.188. The molecule has 5 nitrogen and oxygen atoms in total. The van der Waals surface area contributed by atoms with Crippen molar-refractivity contribution in [1.82, 2.24) is 9.88 Å². The standard InChI is InChI=1S/C22H21N3O2/c26-22(24-16-14-20(17-24)27-21-13-7-8-15-23-21)25(18-9-3-1-4-10-18)19-11-5-2-6-12-19/h1-13,15,20H,14,16-17H2/t20-/m1/s1. The van der Waals surface area contributed by atoms with Gasteiger partial charge in [-0.25, -0.2) is 9.78 Å². The van der Waals surface area contributed by atoms with Crippen LogP contribution in [0, 0.1) is 0 Å². The van der Waals surface area contributed by atoms with Gasteiger partial charge in [0.05, 0.1) is 17.9 Å². The summed E-state index contributed by atoms with van der Waals surface area (Å²) < 4.78 is 5.92. The Morgan fingerprint density at radius 2 is 1.56 bits per heavy atom. The summed E-state index contributed by atoms with van der Waals surface area (Å²) in [4.78, 5) is 21.1. The number of ether oxygens (including phenoxy) is 1. The van der Waals surface area contributed by atoms with Gasteiger partial charge < -0.3 is 9.64 Å². The van der Waals surface area contributed by atoms with Gasteiger partial charge in [0.15, 0.2) is 0 Å². The van der Waals surface area contributed by atoms with Crippen molar-refractivity contribution in [3.63, 3.8) is 0 Å². The maximum atomic E-state index is 13.3. The number of nitrogens with zero attached hydrogens (tertiary/aromatic N) is 3. The van der Waals surface area contributed by atoms with Crippen LogP contribution in [0.1, 0.15) is 6.42 Å². The Balaban J connectivity index is 1.52. The summed E-state index contributed by atoms with van der Waals surface area (Å²) in [6, 6.07) is 25.0. The lowest BCUT2D eigenvalue weighted by Crippen LogP contribution is -2.40. The van der Waals surface area contributed by atoms with Crippen LogP contribution in [0.2, 0.25) is 0 Å². The van der Waals surface area contributed by atoms with Gasteiger partial charge in [-0.05, 0) is 30.3 Å². The van der Waals surface area contributed by atoms with Crippen molar-refractivity contribution in [3.05, 3.63) is 85.1 Å². The Hall–Kier alpha value is -3.34. The first kappa shape index (κ1) is 17.1. The van der Waals surface area contributed by atoms with Crippen molar-refractivity contribution in [3.8, 4) is 5.88 Å². The highest BCUT2D eigenvalue weighted by Crippen LogP contribution is 2.28. The predicted octanol–water partition coefficient (Wildman–Crippen LogP) is 4.49. The highest BCUT2D eigenvalue weighted by atomic mass is 16.5. The van der Waals surface area contributed by atoms with Crippen LogP contribution in [-0.2, 0) is 0 Å². The number of hydrogen-bond acceptors (Lipinski definition) is 3. The highest BCUT2D eigenvalue weighted by Gasteiger charge is 2.32. The van der Waals surface area contributed by atoms with Gasteiger partial charge in [0.2, 0.25) is 5.88 Å². The zero-order valence-electron chi connectivity index (χ0n) is 14.9. The average Bonchev–Trinajstić information content (AvgIpc) is 3.19. The lowest BCUT2D eigenvalue weighted by atomic mass is 10.2. The Morgan fingerprint density at radius 1 is 0.926 bits per heavy atom. The van der Waals surface area contributed by atoms with E-state index in [-0.39, 0.29) is 12.1 Å². The van der Waals surface area contributed by atoms with Gasteiger partial charge in [-0.3, -0.25) is 4.90 Å². The fourth-order valence-corrected chi connectivity index (χ4v) is 3.25. The number of amides is 2. The van der Waals surface area contributed by atoms with Crippen molar-refractivity contribution in [2.24, 2.45) is 0 Å². The number of carbonyl (C=O) groups excluding carboxylic acids is 1. The van der Waals surface area contributed by atoms with Crippen molar-refractivity contribution in [2.45, 2.75) is 12.5 Å². The second-order valence-corrected chi connectivity index (χ2v) is 6.43. The number of para-hydroxylation sites is 2. The minimum atomic E-state index is -0.0442. The number of carbonyl (C=O) groups is 1. The molecule has 1 fully saturated rings. The summed E-state index contributed by atoms with van der Waals surface area (Å²) in [5.74, 6) is 0.597. The third-order valence-corrected chi connectivity index (χ3v) is 4.56. The minimum Gasteiger partial charge on any atom is -0.472 e. The van der Waals surface area contributed by atoms with Gasteiger partial charge >= 0.3 is 6.03 Å². The van der Waals surface area contributed by atoms with Gasteiger partial charge in [-0.2, -0.15) is 0 Å². The molecule has 2 amide bonds. The van der Waals surface area contributed by atoms with E-state index in [0.29, 0.717) is 19.0 Å². The molecule has 4 rings (SSSR count). The smallest absolute Gasteiger partial charge is 0.329 e. The molecule has 0 saturated carbocycles. The highest BCUT2D eigenvalue weighted by molar-refractivity contribution is 5.99. The van der Waals surface area contributed by atoms with E-state index in [9.17, 15) is 4.79 Å². The largest absolute Gasteiger partial charge is 0.472 e. The first-order valence-corrected chi connectivity index (χ1v) is 9.08. The fourth-order valence-electron chi connectivity index (χ4n) is 3.25. The van der Waals surface area contributed by atoms with Gasteiger partial charge in [0.25, 0.3) is 0 Å². The normalized spacial score (nSPS) is 16.1. The molecule has 0 N–H and O–H groups in total. The minimum absolute atomic E-state index is 0.0421. The third-order valence-electron chi connectivity index (χ3n) is 4.56. The molecule has 0 spiro atoms. The molecule has 27 heavy (non-hydrogen) atoms. The molecule has 3 aromatic rings. The molecule has 0 radical (unpaired) electrons. The topological polar surface area (TPSA) is 45.7 Å². The first-order chi connectivity index (χ1) is 13.3. The maximum absolute atomic E-state index is 13.3. The summed E-state index contributed by atoms with van der Waals surface area (Å²) >= 11 is 0. The van der Waals surface area contributed by atoms with Crippen LogP contribution in [0.4, 0.5) is 16.2 Å². The number of pyridine rings is 1. The summed E-state index contributed by atoms with van der Waals surface area (Å²) in [7, 11) is 0. The average molecular weight is 359 g/mol. The first-order valence-electron chi connectivity index (χ1n) is 9.08. The van der Waals surface area contributed by atoms with Crippen LogP contribution in [0.15, 0.2) is 85.1 Å². The molecule has 1 aliphatic heterocycles. The Labute approximate surface area is 158 Å². The Bertz CT molecular complexity index is 832. The number of likely N-dealkylation sites (tertiary alicyclic amines) is 1. The number of urea groups is 1. The van der Waals surface area contributed by atoms with Gasteiger partial charge in [-0.1, -0.05) is 42.5 Å². The zero-order chi connectivity index (χ0) is 18.5. The van der Waals surface area contributed by atoms with Crippen molar-refractivity contribution < 1.29 is 9.53 Å². The molecule has 0 bridgehead atoms. The number of hydrogen-bond donors (Lipinski definition) is 0. The quantitative estimate of drug-likeness (QED) is 0.689. The van der Waals surface area contributed by atoms with E-state index in [4.69, 9.17) is 4.74 Å². The van der Waals surface area contributed by atoms with Crippen LogP contribution in [0.5, 0.6) is 5.88 Å². The molecular weight excluding hydrogens is 338 g/mol. The van der Waals surface area contributed by atoms with E-state index in [1.165, 1.54) is 0 Å². The maximum Gasteiger partial charge on any atom is 0.329 e. The SMILES string of the molecule is O=C(N1CC[C@@H](Oc2ccccn2)C1)N(c1ccccc1)c1ccccc1. The monoisotopic (exact) mass is 359 g/mol. The Kier molecular flexibility index (Phi) is 5.01. The van der Waals surface area contributed by atoms with E-state index in [2.05, 4.69) is 4.98 Å². The van der Waals surface area contributed by atoms with E-state index < -0.39 is 0 Å². The molecule has 2 heterocycles. The third kappa shape index (κ3) is 3.92. The molecule has 2 aromatic carbocycles. The number of aromatic nitrogens is 1. The van der Waals surface area contributed by atoms with E-state index in [1.54, 1.807) is 11.1 Å². The molecule has 0 aliphatic carbocycles. The molecular formula is C22H21N3O2. The van der Waals surface area contributed by atoms with Gasteiger partial charge in [0.1, 0.15) is 6.10 Å². The van der Waals surface area contributed by atoms with Crippen molar-refractivity contribution in [1.29, 1.82) is 0 Å². The molecule has 1 atom stereocenters. The fraction of sp³-hybridized carbons (Fsp3) is 0.182. The van der Waals surface area contributed by atoms with E-state index in [0.717, 1.165) is 17.8 Å². The predicted molar refractivity (Wildman–Crippen MR) is 105 cm³/mol. The molecule has 1 aromatic heterocycles. The summed E-state index contributed by atoms with van der Waals surface area (Å²) in [6.07, 6.45) is 2.46. The second kappa shape index (κ2) is 7.91. The summed E-state index contributed by atoms with van der Waals surface area (Å²) in [5, 5.41) is 0. The molecule has 1 saturated heterocycles. The Morgan fingerprint density at radius 3 is 2.15 bits per heavy atom. The van der Waals surface area contributed by atoms with Crippen molar-refractivity contribution >= 4 is 17.4 Å². The number of rotatable bonds is 4. The van der Waals surface area contributed by atoms with Gasteiger partial charge in [0, 0.05) is 25.2 Å². The zero-order valence-corrected chi connectivity index (χ0v) is 14.9. The van der Waals surface area contributed by atoms with Crippen LogP contribution in [0.3, 0.4) is 0 Å². The molecule has 136 valence electrons. The summed E-state index contributed by atoms with van der Waals surface area (Å²) in [6.45, 7) is 1.21. The number of benzene rings is 2. The van der Waals surface area contributed by atoms with Crippen molar-refractivity contribution in [2.75, 3.05) is 18.0 Å². The van der Waals surface area contributed by atoms with Gasteiger partial charge in [-0.15, -0.1) is 0 Å². The van der Waals surface area contributed by atoms with Crippen LogP contribution < -0.4 is 9.64 Å². The van der Waals surface area contributed by atoms with E-state index in [1.807, 2.05) is 83.8 Å². The molecule has 0 unspecified atom stereocenters.